The Labute approximate surface area is 119 Å². The molecule has 0 aliphatic rings. The third-order valence-corrected chi connectivity index (χ3v) is 2.80. The first-order valence-corrected chi connectivity index (χ1v) is 6.83. The smallest absolute Gasteiger partial charge is 0.233 e. The van der Waals surface area contributed by atoms with Crippen molar-refractivity contribution in [2.45, 2.75) is 13.3 Å². The molecule has 0 saturated heterocycles. The molecule has 0 amide bonds. The average Bonchev–Trinajstić information content (AvgIpc) is 2.50. The van der Waals surface area contributed by atoms with Crippen molar-refractivity contribution in [1.82, 2.24) is 9.97 Å². The van der Waals surface area contributed by atoms with E-state index in [4.69, 9.17) is 10.5 Å². The minimum absolute atomic E-state index is 0.588. The fourth-order valence-corrected chi connectivity index (χ4v) is 1.89. The molecule has 2 aromatic rings. The molecule has 0 atom stereocenters. The Balaban J connectivity index is 2.28. The molecule has 0 aliphatic heterocycles. The van der Waals surface area contributed by atoms with Gasteiger partial charge in [-0.15, -0.1) is 0 Å². The van der Waals surface area contributed by atoms with Crippen LogP contribution in [0.5, 0.6) is 5.88 Å². The molecule has 0 bridgehead atoms. The predicted molar refractivity (Wildman–Crippen MR) is 80.3 cm³/mol. The van der Waals surface area contributed by atoms with Gasteiger partial charge in [0, 0.05) is 24.5 Å². The van der Waals surface area contributed by atoms with Crippen LogP contribution in [0.25, 0.3) is 0 Å². The Kier molecular flexibility index (Phi) is 5.32. The molecule has 0 spiro atoms. The van der Waals surface area contributed by atoms with Crippen molar-refractivity contribution in [1.29, 1.82) is 0 Å². The summed E-state index contributed by atoms with van der Waals surface area (Å²) in [5.74, 6) is 1.22. The molecule has 0 radical (unpaired) electrons. The lowest BCUT2D eigenvalue weighted by Gasteiger charge is -2.22. The molecule has 0 fully saturated rings. The van der Waals surface area contributed by atoms with E-state index < -0.39 is 0 Å². The Morgan fingerprint density at radius 2 is 2.00 bits per heavy atom. The van der Waals surface area contributed by atoms with E-state index in [2.05, 4.69) is 14.9 Å². The number of anilines is 2. The van der Waals surface area contributed by atoms with Crippen LogP contribution in [0.2, 0.25) is 0 Å². The SMILES string of the molecule is CCOc1ccnc(N(CCCN)c2ccccc2)n1. The molecule has 0 aliphatic carbocycles. The summed E-state index contributed by atoms with van der Waals surface area (Å²) in [7, 11) is 0. The fourth-order valence-electron chi connectivity index (χ4n) is 1.89. The first-order chi connectivity index (χ1) is 9.85. The summed E-state index contributed by atoms with van der Waals surface area (Å²) in [5.41, 5.74) is 6.67. The number of aromatic nitrogens is 2. The van der Waals surface area contributed by atoms with Crippen molar-refractivity contribution in [2.24, 2.45) is 5.73 Å². The minimum atomic E-state index is 0.588. The van der Waals surface area contributed by atoms with E-state index in [1.54, 1.807) is 12.3 Å². The summed E-state index contributed by atoms with van der Waals surface area (Å²) in [4.78, 5) is 10.8. The predicted octanol–water partition coefficient (Wildman–Crippen LogP) is 2.36. The van der Waals surface area contributed by atoms with Crippen LogP contribution in [-0.4, -0.2) is 29.7 Å². The molecule has 2 rings (SSSR count). The van der Waals surface area contributed by atoms with Crippen LogP contribution in [0.3, 0.4) is 0 Å². The molecular weight excluding hydrogens is 252 g/mol. The van der Waals surface area contributed by atoms with Gasteiger partial charge in [-0.2, -0.15) is 4.98 Å². The fraction of sp³-hybridized carbons (Fsp3) is 0.333. The molecule has 2 N–H and O–H groups in total. The average molecular weight is 272 g/mol. The second-order valence-electron chi connectivity index (χ2n) is 4.26. The van der Waals surface area contributed by atoms with Crippen molar-refractivity contribution in [3.8, 4) is 5.88 Å². The number of para-hydroxylation sites is 1. The normalized spacial score (nSPS) is 10.3. The van der Waals surface area contributed by atoms with E-state index in [-0.39, 0.29) is 0 Å². The highest BCUT2D eigenvalue weighted by atomic mass is 16.5. The van der Waals surface area contributed by atoms with Crippen LogP contribution >= 0.6 is 0 Å². The Bertz CT molecular complexity index is 518. The van der Waals surface area contributed by atoms with Gasteiger partial charge in [-0.1, -0.05) is 18.2 Å². The van der Waals surface area contributed by atoms with Crippen LogP contribution in [0, 0.1) is 0 Å². The lowest BCUT2D eigenvalue weighted by Crippen LogP contribution is -2.23. The second kappa shape index (κ2) is 7.45. The second-order valence-corrected chi connectivity index (χ2v) is 4.26. The zero-order valence-electron chi connectivity index (χ0n) is 11.7. The molecule has 0 saturated carbocycles. The maximum atomic E-state index is 5.62. The number of hydrogen-bond donors (Lipinski definition) is 1. The topological polar surface area (TPSA) is 64.3 Å². The summed E-state index contributed by atoms with van der Waals surface area (Å²) in [6.07, 6.45) is 2.59. The highest BCUT2D eigenvalue weighted by molar-refractivity contribution is 5.57. The van der Waals surface area contributed by atoms with Gasteiger partial charge in [-0.3, -0.25) is 0 Å². The lowest BCUT2D eigenvalue weighted by molar-refractivity contribution is 0.326. The number of benzene rings is 1. The van der Waals surface area contributed by atoms with Crippen molar-refractivity contribution in [3.63, 3.8) is 0 Å². The van der Waals surface area contributed by atoms with E-state index in [0.29, 0.717) is 25.0 Å². The van der Waals surface area contributed by atoms with Crippen molar-refractivity contribution < 1.29 is 4.74 Å². The van der Waals surface area contributed by atoms with Crippen LogP contribution < -0.4 is 15.4 Å². The largest absolute Gasteiger partial charge is 0.478 e. The highest BCUT2D eigenvalue weighted by Gasteiger charge is 2.12. The van der Waals surface area contributed by atoms with Gasteiger partial charge in [0.1, 0.15) is 0 Å². The molecule has 20 heavy (non-hydrogen) atoms. The van der Waals surface area contributed by atoms with E-state index in [1.807, 2.05) is 37.3 Å². The molecule has 5 nitrogen and oxygen atoms in total. The van der Waals surface area contributed by atoms with Crippen molar-refractivity contribution >= 4 is 11.6 Å². The van der Waals surface area contributed by atoms with Gasteiger partial charge >= 0.3 is 0 Å². The quantitative estimate of drug-likeness (QED) is 0.838. The number of nitrogens with zero attached hydrogens (tertiary/aromatic N) is 3. The zero-order chi connectivity index (χ0) is 14.2. The van der Waals surface area contributed by atoms with E-state index in [9.17, 15) is 0 Å². The number of ether oxygens (including phenoxy) is 1. The molecule has 1 heterocycles. The molecule has 1 aromatic heterocycles. The monoisotopic (exact) mass is 272 g/mol. The zero-order valence-corrected chi connectivity index (χ0v) is 11.7. The van der Waals surface area contributed by atoms with E-state index >= 15 is 0 Å². The number of nitrogens with two attached hydrogens (primary N) is 1. The van der Waals surface area contributed by atoms with Crippen LogP contribution in [-0.2, 0) is 0 Å². The Morgan fingerprint density at radius 1 is 1.20 bits per heavy atom. The van der Waals surface area contributed by atoms with Crippen molar-refractivity contribution in [3.05, 3.63) is 42.6 Å². The molecule has 106 valence electrons. The first-order valence-electron chi connectivity index (χ1n) is 6.83. The third-order valence-electron chi connectivity index (χ3n) is 2.80. The summed E-state index contributed by atoms with van der Waals surface area (Å²) >= 11 is 0. The van der Waals surface area contributed by atoms with Crippen LogP contribution in [0.4, 0.5) is 11.6 Å². The van der Waals surface area contributed by atoms with Gasteiger partial charge in [0.2, 0.25) is 11.8 Å². The van der Waals surface area contributed by atoms with E-state index in [1.165, 1.54) is 0 Å². The molecule has 5 heteroatoms. The van der Waals surface area contributed by atoms with Gasteiger partial charge in [-0.25, -0.2) is 4.98 Å². The van der Waals surface area contributed by atoms with Crippen LogP contribution in [0.1, 0.15) is 13.3 Å². The summed E-state index contributed by atoms with van der Waals surface area (Å²) in [5, 5.41) is 0. The maximum absolute atomic E-state index is 5.62. The Hall–Kier alpha value is -2.14. The van der Waals surface area contributed by atoms with E-state index in [0.717, 1.165) is 18.7 Å². The van der Waals surface area contributed by atoms with Crippen LogP contribution in [0.15, 0.2) is 42.6 Å². The third kappa shape index (κ3) is 3.68. The van der Waals surface area contributed by atoms with Crippen molar-refractivity contribution in [2.75, 3.05) is 24.6 Å². The maximum Gasteiger partial charge on any atom is 0.233 e. The summed E-state index contributed by atoms with van der Waals surface area (Å²) < 4.78 is 5.43. The van der Waals surface area contributed by atoms with Gasteiger partial charge in [-0.05, 0) is 32.0 Å². The molecular formula is C15H20N4O. The number of hydrogen-bond acceptors (Lipinski definition) is 5. The Morgan fingerprint density at radius 3 is 2.70 bits per heavy atom. The molecule has 0 unspecified atom stereocenters. The molecule has 1 aromatic carbocycles. The van der Waals surface area contributed by atoms with Gasteiger partial charge in [0.15, 0.2) is 0 Å². The summed E-state index contributed by atoms with van der Waals surface area (Å²) in [6, 6.07) is 11.8. The van der Waals surface area contributed by atoms with Gasteiger partial charge < -0.3 is 15.4 Å². The number of rotatable bonds is 7. The van der Waals surface area contributed by atoms with Gasteiger partial charge in [0.25, 0.3) is 0 Å². The lowest BCUT2D eigenvalue weighted by atomic mass is 10.3. The standard InChI is InChI=1S/C15H20N4O/c1-2-20-14-9-11-17-15(18-14)19(12-6-10-16)13-7-4-3-5-8-13/h3-5,7-9,11H,2,6,10,12,16H2,1H3. The first kappa shape index (κ1) is 14.3. The summed E-state index contributed by atoms with van der Waals surface area (Å²) in [6.45, 7) is 3.93. The minimum Gasteiger partial charge on any atom is -0.478 e. The highest BCUT2D eigenvalue weighted by Crippen LogP contribution is 2.23. The van der Waals surface area contributed by atoms with Gasteiger partial charge in [0.05, 0.1) is 6.61 Å².